The van der Waals surface area contributed by atoms with Gasteiger partial charge < -0.3 is 10.1 Å². The van der Waals surface area contributed by atoms with Crippen LogP contribution >= 0.6 is 11.8 Å². The molecule has 1 aromatic carbocycles. The molecule has 1 aliphatic heterocycles. The van der Waals surface area contributed by atoms with Crippen LogP contribution in [0.15, 0.2) is 30.3 Å². The number of benzene rings is 1. The van der Waals surface area contributed by atoms with Crippen LogP contribution in [-0.2, 0) is 4.74 Å². The molecule has 15 heavy (non-hydrogen) atoms. The molecule has 2 nitrogen and oxygen atoms in total. The smallest absolute Gasteiger partial charge is 0.0844 e. The van der Waals surface area contributed by atoms with Gasteiger partial charge in [0.2, 0.25) is 0 Å². The highest BCUT2D eigenvalue weighted by Crippen LogP contribution is 2.27. The van der Waals surface area contributed by atoms with Crippen molar-refractivity contribution in [3.8, 4) is 0 Å². The highest BCUT2D eigenvalue weighted by atomic mass is 32.2. The van der Waals surface area contributed by atoms with Gasteiger partial charge in [-0.1, -0.05) is 30.3 Å². The summed E-state index contributed by atoms with van der Waals surface area (Å²) in [4.78, 5) is 0. The summed E-state index contributed by atoms with van der Waals surface area (Å²) in [5.74, 6) is 1.22. The summed E-state index contributed by atoms with van der Waals surface area (Å²) in [6.45, 7) is 1.13. The maximum absolute atomic E-state index is 5.54. The third-order valence-electron chi connectivity index (χ3n) is 2.68. The fraction of sp³-hybridized carbons (Fsp3) is 0.500. The number of rotatable bonds is 4. The number of ether oxygens (including phenoxy) is 1. The van der Waals surface area contributed by atoms with Crippen LogP contribution in [-0.4, -0.2) is 24.8 Å². The Morgan fingerprint density at radius 3 is 2.87 bits per heavy atom. The molecule has 1 N–H and O–H groups in total. The zero-order valence-electron chi connectivity index (χ0n) is 8.98. The molecule has 82 valence electrons. The van der Waals surface area contributed by atoms with Crippen LogP contribution in [0.3, 0.4) is 0 Å². The van der Waals surface area contributed by atoms with E-state index in [-0.39, 0.29) is 6.10 Å². The van der Waals surface area contributed by atoms with Crippen LogP contribution < -0.4 is 5.32 Å². The first-order valence-corrected chi connectivity index (χ1v) is 6.38. The average Bonchev–Trinajstić information content (AvgIpc) is 2.80. The molecule has 1 heterocycles. The number of thioether (sulfide) groups is 1. The van der Waals surface area contributed by atoms with Crippen molar-refractivity contribution in [2.45, 2.75) is 17.9 Å². The van der Waals surface area contributed by atoms with Crippen molar-refractivity contribution in [2.24, 2.45) is 0 Å². The zero-order chi connectivity index (χ0) is 10.5. The Morgan fingerprint density at radius 2 is 2.27 bits per heavy atom. The molecule has 1 saturated heterocycles. The molecule has 1 aliphatic rings. The Labute approximate surface area is 95.4 Å². The first kappa shape index (κ1) is 11.0. The fourth-order valence-electron chi connectivity index (χ4n) is 1.86. The maximum Gasteiger partial charge on any atom is 0.0844 e. The van der Waals surface area contributed by atoms with Gasteiger partial charge in [0.05, 0.1) is 11.5 Å². The van der Waals surface area contributed by atoms with Gasteiger partial charge in [-0.25, -0.2) is 0 Å². The van der Waals surface area contributed by atoms with Gasteiger partial charge in [0.15, 0.2) is 0 Å². The molecule has 1 fully saturated rings. The van der Waals surface area contributed by atoms with E-state index in [1.54, 1.807) is 7.11 Å². The molecule has 2 unspecified atom stereocenters. The molecule has 0 aliphatic carbocycles. The molecule has 2 rings (SSSR count). The first-order valence-electron chi connectivity index (χ1n) is 5.33. The minimum Gasteiger partial charge on any atom is -0.377 e. The summed E-state index contributed by atoms with van der Waals surface area (Å²) in [6, 6.07) is 10.4. The van der Waals surface area contributed by atoms with Gasteiger partial charge in [-0.05, 0) is 5.56 Å². The quantitative estimate of drug-likeness (QED) is 0.847. The topological polar surface area (TPSA) is 21.3 Å². The summed E-state index contributed by atoms with van der Waals surface area (Å²) in [6.07, 6.45) is 1.26. The molecule has 1 aromatic rings. The van der Waals surface area contributed by atoms with Gasteiger partial charge in [0, 0.05) is 25.8 Å². The van der Waals surface area contributed by atoms with E-state index in [2.05, 4.69) is 29.6 Å². The molecule has 0 spiro atoms. The summed E-state index contributed by atoms with van der Waals surface area (Å²) in [5, 5.41) is 4.03. The van der Waals surface area contributed by atoms with E-state index in [4.69, 9.17) is 4.74 Å². The predicted octanol–water partition coefficient (Wildman–Crippen LogP) is 2.43. The number of hydrogen-bond donors (Lipinski definition) is 1. The van der Waals surface area contributed by atoms with Crippen LogP contribution in [0.1, 0.15) is 18.1 Å². The summed E-state index contributed by atoms with van der Waals surface area (Å²) in [7, 11) is 1.79. The van der Waals surface area contributed by atoms with E-state index in [1.807, 2.05) is 17.8 Å². The van der Waals surface area contributed by atoms with Crippen molar-refractivity contribution in [3.63, 3.8) is 0 Å². The lowest BCUT2D eigenvalue weighted by Crippen LogP contribution is -2.22. The lowest BCUT2D eigenvalue weighted by molar-refractivity contribution is 0.0937. The predicted molar refractivity (Wildman–Crippen MR) is 65.1 cm³/mol. The Bertz CT molecular complexity index is 285. The molecule has 0 radical (unpaired) electrons. The molecular formula is C12H17NOS. The van der Waals surface area contributed by atoms with E-state index in [9.17, 15) is 0 Å². The first-order chi connectivity index (χ1) is 7.40. The van der Waals surface area contributed by atoms with Gasteiger partial charge in [-0.15, -0.1) is 11.8 Å². The van der Waals surface area contributed by atoms with Crippen LogP contribution in [0.2, 0.25) is 0 Å². The second-order valence-corrected chi connectivity index (χ2v) is 4.99. The van der Waals surface area contributed by atoms with Crippen molar-refractivity contribution in [3.05, 3.63) is 35.9 Å². The standard InChI is InChI=1S/C12H17NOS/c1-14-11(9-12-13-7-8-15-12)10-5-3-2-4-6-10/h2-6,11-13H,7-9H2,1H3. The lowest BCUT2D eigenvalue weighted by Gasteiger charge is -2.19. The molecule has 2 atom stereocenters. The van der Waals surface area contributed by atoms with Gasteiger partial charge in [-0.2, -0.15) is 0 Å². The number of methoxy groups -OCH3 is 1. The Balaban J connectivity index is 1.97. The third kappa shape index (κ3) is 2.97. The van der Waals surface area contributed by atoms with Gasteiger partial charge >= 0.3 is 0 Å². The third-order valence-corrected chi connectivity index (χ3v) is 3.88. The molecule has 0 aromatic heterocycles. The molecule has 0 saturated carbocycles. The molecular weight excluding hydrogens is 206 g/mol. The summed E-state index contributed by atoms with van der Waals surface area (Å²) < 4.78 is 5.54. The van der Waals surface area contributed by atoms with E-state index in [0.29, 0.717) is 5.37 Å². The normalized spacial score (nSPS) is 22.9. The number of nitrogens with one attached hydrogen (secondary N) is 1. The monoisotopic (exact) mass is 223 g/mol. The molecule has 0 bridgehead atoms. The Hall–Kier alpha value is -0.510. The van der Waals surface area contributed by atoms with E-state index < -0.39 is 0 Å². The lowest BCUT2D eigenvalue weighted by atomic mass is 10.1. The van der Waals surface area contributed by atoms with Crippen molar-refractivity contribution < 1.29 is 4.74 Å². The van der Waals surface area contributed by atoms with Crippen molar-refractivity contribution in [2.75, 3.05) is 19.4 Å². The summed E-state index contributed by atoms with van der Waals surface area (Å²) >= 11 is 1.99. The van der Waals surface area contributed by atoms with Gasteiger partial charge in [0.25, 0.3) is 0 Å². The SMILES string of the molecule is COC(CC1NCCS1)c1ccccc1. The average molecular weight is 223 g/mol. The summed E-state index contributed by atoms with van der Waals surface area (Å²) in [5.41, 5.74) is 1.27. The largest absolute Gasteiger partial charge is 0.377 e. The van der Waals surface area contributed by atoms with Crippen LogP contribution in [0.4, 0.5) is 0 Å². The zero-order valence-corrected chi connectivity index (χ0v) is 9.80. The second kappa shape index (κ2) is 5.54. The Morgan fingerprint density at radius 1 is 1.47 bits per heavy atom. The highest BCUT2D eigenvalue weighted by Gasteiger charge is 2.20. The van der Waals surface area contributed by atoms with E-state index in [0.717, 1.165) is 13.0 Å². The van der Waals surface area contributed by atoms with Crippen LogP contribution in [0.25, 0.3) is 0 Å². The molecule has 0 amide bonds. The van der Waals surface area contributed by atoms with Gasteiger partial charge in [0.1, 0.15) is 0 Å². The van der Waals surface area contributed by atoms with Crippen molar-refractivity contribution >= 4 is 11.8 Å². The van der Waals surface area contributed by atoms with Crippen molar-refractivity contribution in [1.29, 1.82) is 0 Å². The fourth-order valence-corrected chi connectivity index (χ4v) is 2.93. The minimum atomic E-state index is 0.217. The van der Waals surface area contributed by atoms with Crippen LogP contribution in [0.5, 0.6) is 0 Å². The molecule has 3 heteroatoms. The van der Waals surface area contributed by atoms with E-state index in [1.165, 1.54) is 11.3 Å². The van der Waals surface area contributed by atoms with Gasteiger partial charge in [-0.3, -0.25) is 0 Å². The second-order valence-electron chi connectivity index (χ2n) is 3.68. The van der Waals surface area contributed by atoms with Crippen molar-refractivity contribution in [1.82, 2.24) is 5.32 Å². The maximum atomic E-state index is 5.54. The Kier molecular flexibility index (Phi) is 4.06. The van der Waals surface area contributed by atoms with E-state index >= 15 is 0 Å². The number of hydrogen-bond acceptors (Lipinski definition) is 3. The minimum absolute atomic E-state index is 0.217. The van der Waals surface area contributed by atoms with Crippen LogP contribution in [0, 0.1) is 0 Å². The highest BCUT2D eigenvalue weighted by molar-refractivity contribution is 8.00.